The molecule has 33 heavy (non-hydrogen) atoms. The lowest BCUT2D eigenvalue weighted by Gasteiger charge is -2.24. The first kappa shape index (κ1) is 20.2. The highest BCUT2D eigenvalue weighted by molar-refractivity contribution is 5.94. The lowest BCUT2D eigenvalue weighted by atomic mass is 10.0. The van der Waals surface area contributed by atoms with Crippen LogP contribution < -0.4 is 4.74 Å². The zero-order valence-corrected chi connectivity index (χ0v) is 18.2. The Morgan fingerprint density at radius 3 is 2.76 bits per heavy atom. The van der Waals surface area contributed by atoms with Gasteiger partial charge in [0.15, 0.2) is 17.2 Å². The SMILES string of the molecule is COc1ccc(-c2ccc3c(c2)COC3=O)n2nc(C3(C(=O)OC4CCOCC4)CC3)nc12. The van der Waals surface area contributed by atoms with Crippen LogP contribution in [0.3, 0.4) is 0 Å². The molecule has 1 saturated carbocycles. The van der Waals surface area contributed by atoms with Crippen LogP contribution in [0.2, 0.25) is 0 Å². The van der Waals surface area contributed by atoms with Gasteiger partial charge in [-0.25, -0.2) is 14.3 Å². The Hall–Kier alpha value is -3.46. The number of carbonyl (C=O) groups excluding carboxylic acids is 2. The number of cyclic esters (lactones) is 1. The molecule has 2 aromatic heterocycles. The molecule has 0 atom stereocenters. The molecule has 0 N–H and O–H groups in total. The number of carbonyl (C=O) groups is 2. The van der Waals surface area contributed by atoms with Crippen LogP contribution in [0, 0.1) is 0 Å². The molecule has 2 fully saturated rings. The number of rotatable bonds is 5. The summed E-state index contributed by atoms with van der Waals surface area (Å²) in [5, 5.41) is 4.76. The van der Waals surface area contributed by atoms with Crippen LogP contribution in [0.4, 0.5) is 0 Å². The van der Waals surface area contributed by atoms with Gasteiger partial charge in [-0.2, -0.15) is 0 Å². The number of hydrogen-bond donors (Lipinski definition) is 0. The standard InChI is InChI=1S/C24H23N3O6/c1-30-19-5-4-18(14-2-3-17-15(12-14)13-32-21(17)28)27-20(19)25-22(26-27)24(8-9-24)23(29)33-16-6-10-31-11-7-16/h2-5,12,16H,6-11,13H2,1H3. The molecule has 0 unspecified atom stereocenters. The van der Waals surface area contributed by atoms with Gasteiger partial charge in [-0.05, 0) is 37.1 Å². The van der Waals surface area contributed by atoms with Gasteiger partial charge in [-0.1, -0.05) is 6.07 Å². The van der Waals surface area contributed by atoms with Crippen molar-refractivity contribution in [1.29, 1.82) is 0 Å². The number of methoxy groups -OCH3 is 1. The highest BCUT2D eigenvalue weighted by atomic mass is 16.6. The summed E-state index contributed by atoms with van der Waals surface area (Å²) < 4.78 is 23.5. The zero-order chi connectivity index (χ0) is 22.6. The summed E-state index contributed by atoms with van der Waals surface area (Å²) >= 11 is 0. The van der Waals surface area contributed by atoms with Crippen LogP contribution >= 0.6 is 0 Å². The molecular formula is C24H23N3O6. The molecule has 1 aliphatic carbocycles. The molecule has 4 heterocycles. The third-order valence-electron chi connectivity index (χ3n) is 6.66. The molecule has 6 rings (SSSR count). The summed E-state index contributed by atoms with van der Waals surface area (Å²) in [5.74, 6) is 0.438. The Balaban J connectivity index is 1.39. The topological polar surface area (TPSA) is 101 Å². The molecule has 2 aliphatic heterocycles. The summed E-state index contributed by atoms with van der Waals surface area (Å²) in [7, 11) is 1.58. The third-order valence-corrected chi connectivity index (χ3v) is 6.66. The van der Waals surface area contributed by atoms with Crippen LogP contribution in [-0.4, -0.2) is 53.0 Å². The molecule has 0 amide bonds. The minimum Gasteiger partial charge on any atom is -0.493 e. The van der Waals surface area contributed by atoms with Crippen molar-refractivity contribution in [2.75, 3.05) is 20.3 Å². The second-order valence-corrected chi connectivity index (χ2v) is 8.70. The quantitative estimate of drug-likeness (QED) is 0.548. The van der Waals surface area contributed by atoms with E-state index in [-0.39, 0.29) is 24.6 Å². The van der Waals surface area contributed by atoms with Crippen molar-refractivity contribution in [1.82, 2.24) is 14.6 Å². The molecule has 3 aromatic rings. The number of pyridine rings is 1. The third kappa shape index (κ3) is 3.26. The fourth-order valence-electron chi connectivity index (χ4n) is 4.51. The Morgan fingerprint density at radius 1 is 1.18 bits per heavy atom. The number of hydrogen-bond acceptors (Lipinski definition) is 8. The average molecular weight is 449 g/mol. The molecule has 0 spiro atoms. The second-order valence-electron chi connectivity index (χ2n) is 8.70. The maximum Gasteiger partial charge on any atom is 0.338 e. The molecular weight excluding hydrogens is 426 g/mol. The average Bonchev–Trinajstić information content (AvgIpc) is 3.40. The van der Waals surface area contributed by atoms with Gasteiger partial charge in [-0.3, -0.25) is 4.79 Å². The van der Waals surface area contributed by atoms with E-state index in [4.69, 9.17) is 29.0 Å². The van der Waals surface area contributed by atoms with Gasteiger partial charge in [0.1, 0.15) is 18.1 Å². The van der Waals surface area contributed by atoms with E-state index in [0.29, 0.717) is 61.7 Å². The summed E-state index contributed by atoms with van der Waals surface area (Å²) in [5.41, 5.74) is 2.77. The van der Waals surface area contributed by atoms with E-state index in [1.54, 1.807) is 17.7 Å². The monoisotopic (exact) mass is 449 g/mol. The van der Waals surface area contributed by atoms with E-state index < -0.39 is 5.41 Å². The molecule has 0 radical (unpaired) electrons. The summed E-state index contributed by atoms with van der Waals surface area (Å²) in [6.45, 7) is 1.47. The number of aromatic nitrogens is 3. The molecule has 1 saturated heterocycles. The van der Waals surface area contributed by atoms with Gasteiger partial charge in [0.25, 0.3) is 0 Å². The van der Waals surface area contributed by atoms with Crippen molar-refractivity contribution in [2.45, 2.75) is 43.8 Å². The minimum absolute atomic E-state index is 0.123. The maximum atomic E-state index is 13.1. The number of benzene rings is 1. The maximum absolute atomic E-state index is 13.1. The van der Waals surface area contributed by atoms with Gasteiger partial charge < -0.3 is 18.9 Å². The van der Waals surface area contributed by atoms with Crippen molar-refractivity contribution in [3.05, 3.63) is 47.3 Å². The van der Waals surface area contributed by atoms with Gasteiger partial charge in [-0.15, -0.1) is 5.10 Å². The summed E-state index contributed by atoms with van der Waals surface area (Å²) in [4.78, 5) is 29.7. The van der Waals surface area contributed by atoms with E-state index in [1.165, 1.54) is 0 Å². The summed E-state index contributed by atoms with van der Waals surface area (Å²) in [6.07, 6.45) is 2.61. The molecule has 170 valence electrons. The minimum atomic E-state index is -0.815. The fraction of sp³-hybridized carbons (Fsp3) is 0.417. The highest BCUT2D eigenvalue weighted by Gasteiger charge is 2.57. The smallest absolute Gasteiger partial charge is 0.338 e. The molecule has 1 aromatic carbocycles. The largest absolute Gasteiger partial charge is 0.493 e. The summed E-state index contributed by atoms with van der Waals surface area (Å²) in [6, 6.07) is 9.28. The first-order valence-electron chi connectivity index (χ1n) is 11.1. The van der Waals surface area contributed by atoms with E-state index in [1.807, 2.05) is 24.3 Å². The normalized spacial score (nSPS) is 19.2. The molecule has 0 bridgehead atoms. The van der Waals surface area contributed by atoms with Crippen molar-refractivity contribution in [2.24, 2.45) is 0 Å². The first-order valence-corrected chi connectivity index (χ1v) is 11.1. The fourth-order valence-corrected chi connectivity index (χ4v) is 4.51. The number of nitrogens with zero attached hydrogens (tertiary/aromatic N) is 3. The Kier molecular flexibility index (Phi) is 4.62. The Bertz CT molecular complexity index is 1270. The van der Waals surface area contributed by atoms with Crippen LogP contribution in [-0.2, 0) is 31.0 Å². The van der Waals surface area contributed by atoms with Crippen molar-refractivity contribution in [3.8, 4) is 17.0 Å². The Morgan fingerprint density at radius 2 is 2.00 bits per heavy atom. The number of esters is 2. The van der Waals surface area contributed by atoms with Gasteiger partial charge in [0.2, 0.25) is 0 Å². The molecule has 9 heteroatoms. The van der Waals surface area contributed by atoms with E-state index >= 15 is 0 Å². The predicted octanol–water partition coefficient (Wildman–Crippen LogP) is 2.83. The predicted molar refractivity (Wildman–Crippen MR) is 115 cm³/mol. The molecule has 9 nitrogen and oxygen atoms in total. The van der Waals surface area contributed by atoms with Crippen molar-refractivity contribution >= 4 is 17.6 Å². The van der Waals surface area contributed by atoms with Gasteiger partial charge in [0, 0.05) is 24.0 Å². The van der Waals surface area contributed by atoms with E-state index in [9.17, 15) is 9.59 Å². The number of fused-ring (bicyclic) bond motifs is 2. The first-order chi connectivity index (χ1) is 16.1. The van der Waals surface area contributed by atoms with Crippen molar-refractivity contribution < 1.29 is 28.5 Å². The Labute approximate surface area is 189 Å². The van der Waals surface area contributed by atoms with Crippen LogP contribution in [0.1, 0.15) is 47.4 Å². The molecule has 3 aliphatic rings. The van der Waals surface area contributed by atoms with Gasteiger partial charge in [0.05, 0.1) is 31.6 Å². The lowest BCUT2D eigenvalue weighted by molar-refractivity contribution is -0.156. The van der Waals surface area contributed by atoms with Crippen LogP contribution in [0.15, 0.2) is 30.3 Å². The lowest BCUT2D eigenvalue weighted by Crippen LogP contribution is -2.32. The van der Waals surface area contributed by atoms with E-state index in [2.05, 4.69) is 0 Å². The van der Waals surface area contributed by atoms with Crippen LogP contribution in [0.25, 0.3) is 16.9 Å². The van der Waals surface area contributed by atoms with Crippen molar-refractivity contribution in [3.63, 3.8) is 0 Å². The van der Waals surface area contributed by atoms with E-state index in [0.717, 1.165) is 16.8 Å². The second kappa shape index (κ2) is 7.55. The highest BCUT2D eigenvalue weighted by Crippen LogP contribution is 2.49. The van der Waals surface area contributed by atoms with Gasteiger partial charge >= 0.3 is 11.9 Å². The zero-order valence-electron chi connectivity index (χ0n) is 18.2. The van der Waals surface area contributed by atoms with Crippen LogP contribution in [0.5, 0.6) is 5.75 Å². The number of ether oxygens (including phenoxy) is 4.